The first-order chi connectivity index (χ1) is 10.4. The summed E-state index contributed by atoms with van der Waals surface area (Å²) in [5.74, 6) is 0.597. The molecule has 1 aromatic carbocycles. The van der Waals surface area contributed by atoms with Crippen molar-refractivity contribution in [1.29, 1.82) is 0 Å². The van der Waals surface area contributed by atoms with E-state index in [0.29, 0.717) is 5.92 Å². The van der Waals surface area contributed by atoms with Crippen LogP contribution in [0.1, 0.15) is 34.9 Å². The van der Waals surface area contributed by atoms with Gasteiger partial charge in [0, 0.05) is 36.6 Å². The molecule has 0 aliphatic carbocycles. The second-order valence-electron chi connectivity index (χ2n) is 5.87. The Balaban J connectivity index is 1.60. The van der Waals surface area contributed by atoms with Gasteiger partial charge in [-0.3, -0.25) is 0 Å². The minimum Gasteiger partial charge on any atom is -0.381 e. The molecule has 2 aromatic rings. The highest BCUT2D eigenvalue weighted by Gasteiger charge is 2.19. The number of thiazole rings is 1. The van der Waals surface area contributed by atoms with Crippen LogP contribution in [0.5, 0.6) is 0 Å². The van der Waals surface area contributed by atoms with E-state index in [1.807, 2.05) is 11.3 Å². The molecule has 4 rings (SSSR count). The number of hydrogen-bond donors (Lipinski definition) is 1. The van der Waals surface area contributed by atoms with Crippen molar-refractivity contribution in [2.45, 2.75) is 31.7 Å². The quantitative estimate of drug-likeness (QED) is 0.923. The summed E-state index contributed by atoms with van der Waals surface area (Å²) in [6.07, 6.45) is 3.35. The second kappa shape index (κ2) is 5.87. The van der Waals surface area contributed by atoms with Gasteiger partial charge in [0.2, 0.25) is 0 Å². The van der Waals surface area contributed by atoms with Gasteiger partial charge < -0.3 is 10.1 Å². The van der Waals surface area contributed by atoms with E-state index in [1.165, 1.54) is 21.7 Å². The third kappa shape index (κ3) is 2.76. The Hall–Kier alpha value is -1.23. The number of rotatable bonds is 2. The monoisotopic (exact) mass is 300 g/mol. The van der Waals surface area contributed by atoms with E-state index in [2.05, 4.69) is 28.9 Å². The summed E-state index contributed by atoms with van der Waals surface area (Å²) in [6.45, 7) is 3.84. The molecule has 4 heteroatoms. The Morgan fingerprint density at radius 1 is 1.19 bits per heavy atom. The number of aromatic nitrogens is 1. The highest BCUT2D eigenvalue weighted by Crippen LogP contribution is 2.33. The number of fused-ring (bicyclic) bond motifs is 1. The molecule has 21 heavy (non-hydrogen) atoms. The molecular formula is C17H20N2OS. The lowest BCUT2D eigenvalue weighted by Crippen LogP contribution is -2.23. The number of nitrogens with one attached hydrogen (secondary N) is 1. The average Bonchev–Trinajstić information content (AvgIpc) is 3.05. The molecular weight excluding hydrogens is 280 g/mol. The Bertz CT molecular complexity index is 631. The van der Waals surface area contributed by atoms with Crippen molar-refractivity contribution in [3.05, 3.63) is 39.7 Å². The summed E-state index contributed by atoms with van der Waals surface area (Å²) in [7, 11) is 0. The van der Waals surface area contributed by atoms with Crippen LogP contribution in [-0.4, -0.2) is 24.7 Å². The smallest absolute Gasteiger partial charge is 0.0965 e. The fourth-order valence-electron chi connectivity index (χ4n) is 3.19. The van der Waals surface area contributed by atoms with E-state index in [0.717, 1.165) is 51.3 Å². The zero-order valence-electron chi connectivity index (χ0n) is 12.1. The van der Waals surface area contributed by atoms with E-state index >= 15 is 0 Å². The van der Waals surface area contributed by atoms with E-state index in [9.17, 15) is 0 Å². The largest absolute Gasteiger partial charge is 0.381 e. The number of ether oxygens (including phenoxy) is 1. The molecule has 0 radical (unpaired) electrons. The molecule has 3 heterocycles. The van der Waals surface area contributed by atoms with Crippen molar-refractivity contribution in [2.75, 3.05) is 19.8 Å². The van der Waals surface area contributed by atoms with Crippen LogP contribution in [0, 0.1) is 0 Å². The van der Waals surface area contributed by atoms with Crippen LogP contribution in [0.2, 0.25) is 0 Å². The maximum absolute atomic E-state index is 5.45. The van der Waals surface area contributed by atoms with E-state index < -0.39 is 0 Å². The Morgan fingerprint density at radius 2 is 2.10 bits per heavy atom. The maximum atomic E-state index is 5.45. The highest BCUT2D eigenvalue weighted by molar-refractivity contribution is 7.10. The predicted octanol–water partition coefficient (Wildman–Crippen LogP) is 3.35. The number of benzene rings is 1. The van der Waals surface area contributed by atoms with Crippen LogP contribution < -0.4 is 5.32 Å². The maximum Gasteiger partial charge on any atom is 0.0965 e. The third-order valence-electron chi connectivity index (χ3n) is 4.48. The molecule has 0 unspecified atom stereocenters. The van der Waals surface area contributed by atoms with Gasteiger partial charge >= 0.3 is 0 Å². The summed E-state index contributed by atoms with van der Waals surface area (Å²) in [6, 6.07) is 6.80. The van der Waals surface area contributed by atoms with Crippen molar-refractivity contribution in [2.24, 2.45) is 0 Å². The first-order valence-corrected chi connectivity index (χ1v) is 8.64. The Morgan fingerprint density at radius 3 is 3.00 bits per heavy atom. The van der Waals surface area contributed by atoms with E-state index in [1.54, 1.807) is 0 Å². The molecule has 1 N–H and O–H groups in total. The lowest BCUT2D eigenvalue weighted by atomic mass is 9.97. The Labute approximate surface area is 129 Å². The van der Waals surface area contributed by atoms with Crippen molar-refractivity contribution >= 4 is 11.3 Å². The first kappa shape index (κ1) is 13.4. The van der Waals surface area contributed by atoms with Gasteiger partial charge in [-0.1, -0.05) is 12.1 Å². The lowest BCUT2D eigenvalue weighted by molar-refractivity contribution is 0.0853. The predicted molar refractivity (Wildman–Crippen MR) is 85.8 cm³/mol. The topological polar surface area (TPSA) is 34.1 Å². The van der Waals surface area contributed by atoms with Crippen LogP contribution in [0.25, 0.3) is 11.3 Å². The van der Waals surface area contributed by atoms with Gasteiger partial charge in [0.25, 0.3) is 0 Å². The summed E-state index contributed by atoms with van der Waals surface area (Å²) in [5.41, 5.74) is 5.32. The molecule has 0 saturated carbocycles. The van der Waals surface area contributed by atoms with Crippen molar-refractivity contribution in [1.82, 2.24) is 10.3 Å². The van der Waals surface area contributed by atoms with E-state index in [4.69, 9.17) is 9.72 Å². The molecule has 0 atom stereocenters. The van der Waals surface area contributed by atoms with Crippen LogP contribution >= 0.6 is 11.3 Å². The van der Waals surface area contributed by atoms with Gasteiger partial charge in [0.15, 0.2) is 0 Å². The van der Waals surface area contributed by atoms with Crippen molar-refractivity contribution in [3.63, 3.8) is 0 Å². The van der Waals surface area contributed by atoms with Crippen LogP contribution in [-0.2, 0) is 17.7 Å². The molecule has 1 saturated heterocycles. The molecule has 1 aromatic heterocycles. The molecule has 110 valence electrons. The summed E-state index contributed by atoms with van der Waals surface area (Å²) >= 11 is 1.81. The van der Waals surface area contributed by atoms with E-state index in [-0.39, 0.29) is 0 Å². The zero-order valence-corrected chi connectivity index (χ0v) is 12.9. The van der Waals surface area contributed by atoms with Gasteiger partial charge in [0.05, 0.1) is 10.7 Å². The molecule has 2 aliphatic rings. The number of nitrogens with zero attached hydrogens (tertiary/aromatic N) is 1. The zero-order chi connectivity index (χ0) is 14.1. The average molecular weight is 300 g/mol. The molecule has 3 nitrogen and oxygen atoms in total. The van der Waals surface area contributed by atoms with Crippen LogP contribution in [0.3, 0.4) is 0 Å². The van der Waals surface area contributed by atoms with Gasteiger partial charge in [-0.2, -0.15) is 0 Å². The molecule has 2 aliphatic heterocycles. The summed E-state index contributed by atoms with van der Waals surface area (Å²) in [4.78, 5) is 4.90. The molecule has 1 fully saturated rings. The summed E-state index contributed by atoms with van der Waals surface area (Å²) in [5, 5.41) is 6.92. The summed E-state index contributed by atoms with van der Waals surface area (Å²) < 4.78 is 5.45. The van der Waals surface area contributed by atoms with Crippen molar-refractivity contribution in [3.8, 4) is 11.3 Å². The SMILES string of the molecule is c1cc2c(cc1-c1csc(C3CCOCC3)n1)CCNC2. The second-order valence-corrected chi connectivity index (χ2v) is 6.76. The fourth-order valence-corrected chi connectivity index (χ4v) is 4.19. The normalized spacial score (nSPS) is 19.4. The minimum atomic E-state index is 0.597. The molecule has 0 amide bonds. The van der Waals surface area contributed by atoms with Gasteiger partial charge in [0.1, 0.15) is 0 Å². The van der Waals surface area contributed by atoms with Gasteiger partial charge in [-0.25, -0.2) is 4.98 Å². The van der Waals surface area contributed by atoms with Gasteiger partial charge in [-0.15, -0.1) is 11.3 Å². The third-order valence-corrected chi connectivity index (χ3v) is 5.49. The standard InChI is InChI=1S/C17H20N2OS/c1-2-15-10-18-6-3-13(15)9-14(1)16-11-21-17(19-16)12-4-7-20-8-5-12/h1-2,9,11-12,18H,3-8,10H2. The first-order valence-electron chi connectivity index (χ1n) is 7.76. The molecule has 0 spiro atoms. The molecule has 0 bridgehead atoms. The Kier molecular flexibility index (Phi) is 3.76. The fraction of sp³-hybridized carbons (Fsp3) is 0.471. The van der Waals surface area contributed by atoms with Crippen LogP contribution in [0.4, 0.5) is 0 Å². The number of hydrogen-bond acceptors (Lipinski definition) is 4. The minimum absolute atomic E-state index is 0.597. The van der Waals surface area contributed by atoms with Crippen LogP contribution in [0.15, 0.2) is 23.6 Å². The van der Waals surface area contributed by atoms with Crippen molar-refractivity contribution < 1.29 is 4.74 Å². The van der Waals surface area contributed by atoms with Gasteiger partial charge in [-0.05, 0) is 43.0 Å². The highest BCUT2D eigenvalue weighted by atomic mass is 32.1. The lowest BCUT2D eigenvalue weighted by Gasteiger charge is -2.19.